The molecule has 2 amide bonds. The molecule has 2 aromatic heterocycles. The summed E-state index contributed by atoms with van der Waals surface area (Å²) in [7, 11) is 2.20. The third-order valence-electron chi connectivity index (χ3n) is 17.8. The minimum absolute atomic E-state index is 0.0941. The molecule has 4 atom stereocenters. The Bertz CT molecular complexity index is 2630. The number of piperidine rings is 4. The monoisotopic (exact) mass is 1030 g/mol. The molecule has 73 heavy (non-hydrogen) atoms. The van der Waals surface area contributed by atoms with Crippen LogP contribution in [0.3, 0.4) is 0 Å². The number of halogens is 2. The average Bonchev–Trinajstić information content (AvgIpc) is 4.23. The highest BCUT2D eigenvalue weighted by atomic mass is 35.5. The van der Waals surface area contributed by atoms with Crippen molar-refractivity contribution < 1.29 is 19.8 Å². The normalized spacial score (nSPS) is 25.2. The van der Waals surface area contributed by atoms with Crippen LogP contribution >= 0.6 is 23.2 Å². The molecule has 7 N–H and O–H groups in total. The van der Waals surface area contributed by atoms with Crippen LogP contribution in [0.4, 0.5) is 23.5 Å². The van der Waals surface area contributed by atoms with Crippen molar-refractivity contribution >= 4 is 58.5 Å². The number of hydrogen-bond acceptors (Lipinski definition) is 14. The molecule has 18 heteroatoms. The van der Waals surface area contributed by atoms with Gasteiger partial charge in [-0.3, -0.25) is 9.59 Å². The minimum atomic E-state index is -0.131. The molecule has 4 unspecified atom stereocenters. The number of benzene rings is 2. The number of carbonyl (C=O) groups excluding carboxylic acids is 2. The molecule has 0 bridgehead atoms. The molecule has 2 aromatic carbocycles. The first-order chi connectivity index (χ1) is 35.4. The van der Waals surface area contributed by atoms with Crippen LogP contribution < -0.4 is 36.4 Å². The van der Waals surface area contributed by atoms with Crippen LogP contribution in [0, 0.1) is 46.3 Å². The maximum Gasteiger partial charge on any atom is 0.256 e. The maximum absolute atomic E-state index is 13.3. The summed E-state index contributed by atoms with van der Waals surface area (Å²) in [5.74, 6) is 6.37. The fourth-order valence-corrected chi connectivity index (χ4v) is 13.5. The van der Waals surface area contributed by atoms with Gasteiger partial charge in [0.25, 0.3) is 11.8 Å². The number of anilines is 4. The lowest BCUT2D eigenvalue weighted by Crippen LogP contribution is -2.48. The molecule has 6 heterocycles. The van der Waals surface area contributed by atoms with Crippen LogP contribution in [0.2, 0.25) is 10.0 Å². The predicted molar refractivity (Wildman–Crippen MR) is 285 cm³/mol. The van der Waals surface area contributed by atoms with E-state index in [0.717, 1.165) is 74.1 Å². The van der Waals surface area contributed by atoms with Gasteiger partial charge in [-0.2, -0.15) is 9.97 Å². The van der Waals surface area contributed by atoms with E-state index in [9.17, 15) is 19.8 Å². The van der Waals surface area contributed by atoms with Crippen molar-refractivity contribution in [2.24, 2.45) is 46.3 Å². The van der Waals surface area contributed by atoms with Gasteiger partial charge in [0.2, 0.25) is 11.9 Å². The summed E-state index contributed by atoms with van der Waals surface area (Å²) in [6, 6.07) is 11.2. The second kappa shape index (κ2) is 21.4. The van der Waals surface area contributed by atoms with E-state index in [4.69, 9.17) is 33.2 Å². The first kappa shape index (κ1) is 50.3. The van der Waals surface area contributed by atoms with Gasteiger partial charge in [-0.25, -0.2) is 9.97 Å². The molecule has 12 rings (SSSR count). The zero-order valence-electron chi connectivity index (χ0n) is 42.2. The molecule has 4 aromatic rings. The summed E-state index contributed by atoms with van der Waals surface area (Å²) < 4.78 is 0. The topological polar surface area (TPSA) is 196 Å². The Labute approximate surface area is 439 Å². The van der Waals surface area contributed by atoms with E-state index in [-0.39, 0.29) is 25.0 Å². The van der Waals surface area contributed by atoms with E-state index in [1.165, 1.54) is 77.3 Å². The van der Waals surface area contributed by atoms with Crippen molar-refractivity contribution in [2.45, 2.75) is 90.5 Å². The molecule has 4 aliphatic heterocycles. The number of aliphatic hydroxyl groups excluding tert-OH is 2. The molecule has 4 aliphatic carbocycles. The van der Waals surface area contributed by atoms with Crippen LogP contribution in [-0.2, 0) is 26.3 Å². The summed E-state index contributed by atoms with van der Waals surface area (Å²) in [5.41, 5.74) is 5.24. The zero-order valence-corrected chi connectivity index (χ0v) is 43.7. The van der Waals surface area contributed by atoms with Crippen molar-refractivity contribution in [1.82, 2.24) is 40.8 Å². The van der Waals surface area contributed by atoms with Gasteiger partial charge in [-0.05, 0) is 178 Å². The molecule has 8 fully saturated rings. The Morgan fingerprint density at radius 3 is 1.49 bits per heavy atom. The number of nitrogens with one attached hydrogen (secondary N) is 5. The van der Waals surface area contributed by atoms with Crippen LogP contribution in [0.25, 0.3) is 0 Å². The van der Waals surface area contributed by atoms with Crippen molar-refractivity contribution in [2.75, 3.05) is 92.9 Å². The van der Waals surface area contributed by atoms with E-state index >= 15 is 0 Å². The molecule has 4 saturated heterocycles. The average molecular weight is 1040 g/mol. The summed E-state index contributed by atoms with van der Waals surface area (Å²) >= 11 is 12.6. The highest BCUT2D eigenvalue weighted by molar-refractivity contribution is 6.31. The predicted octanol–water partition coefficient (Wildman–Crippen LogP) is 6.74. The first-order valence-electron chi connectivity index (χ1n) is 26.9. The SMILES string of the molecule is CN1CCC2(CC1)CC(CNC(=O)c1cnc(N3CC4CC4C3)nc1NCc1ccc(CO)c(Cl)c1)C2.O=C(NCC1CC2(CCNCC2)C1)c1cnc(N2CC3CC3C2)nc1NCc1ccc(CO)c(Cl)c1. The number of aliphatic hydroxyl groups is 2. The van der Waals surface area contributed by atoms with Crippen LogP contribution in [-0.4, -0.2) is 119 Å². The van der Waals surface area contributed by atoms with E-state index < -0.39 is 0 Å². The smallest absolute Gasteiger partial charge is 0.256 e. The Balaban J connectivity index is 0.000000157. The first-order valence-corrected chi connectivity index (χ1v) is 27.6. The lowest BCUT2D eigenvalue weighted by molar-refractivity contribution is -0.00584. The number of carbonyl (C=O) groups is 2. The zero-order chi connectivity index (χ0) is 50.3. The number of likely N-dealkylation sites (tertiary alicyclic amines) is 1. The van der Waals surface area contributed by atoms with Crippen molar-refractivity contribution in [3.63, 3.8) is 0 Å². The summed E-state index contributed by atoms with van der Waals surface area (Å²) in [6.07, 6.45) is 15.9. The van der Waals surface area contributed by atoms with E-state index in [1.54, 1.807) is 12.4 Å². The number of aromatic nitrogens is 4. The van der Waals surface area contributed by atoms with Gasteiger partial charge in [0.05, 0.1) is 13.2 Å². The molecule has 0 radical (unpaired) electrons. The lowest BCUT2D eigenvalue weighted by Gasteiger charge is -2.52. The van der Waals surface area contributed by atoms with Gasteiger partial charge < -0.3 is 51.5 Å². The van der Waals surface area contributed by atoms with Crippen molar-refractivity contribution in [1.29, 1.82) is 0 Å². The molecular weight excluding hydrogens is 964 g/mol. The molecule has 4 saturated carbocycles. The van der Waals surface area contributed by atoms with Crippen LogP contribution in [0.15, 0.2) is 48.8 Å². The molecule has 16 nitrogen and oxygen atoms in total. The molecule has 390 valence electrons. The largest absolute Gasteiger partial charge is 0.392 e. The summed E-state index contributed by atoms with van der Waals surface area (Å²) in [4.78, 5) is 52.1. The maximum atomic E-state index is 13.3. The number of hydrogen-bond donors (Lipinski definition) is 7. The van der Waals surface area contributed by atoms with Crippen LogP contribution in [0.5, 0.6) is 0 Å². The molecular formula is C55H72Cl2N12O4. The van der Waals surface area contributed by atoms with Crippen molar-refractivity contribution in [3.05, 3.63) is 92.2 Å². The van der Waals surface area contributed by atoms with E-state index in [2.05, 4.69) is 58.3 Å². The standard InChI is InChI=1S/C28H37ClN6O2.C27H35ClN6O2/c1-34-6-4-28(5-7-34)10-19(11-28)13-31-26(37)23-14-32-27(35-15-21-9-22(21)16-35)33-25(23)30-12-18-2-3-20(17-36)24(29)8-18;28-23-7-17(1-2-19(23)16-35)11-30-24-22(13-32-26(33-24)34-14-20-8-21(20)15-34)25(36)31-12-18-9-27(10-18)3-5-29-6-4-27/h2-3,8,14,19,21-22,36H,4-7,9-13,15-17H2,1H3,(H,31,37)(H,30,32,33);1-2,7,13,18,20-21,29,35H,3-6,8-12,14-16H2,(H,31,36)(H,30,32,33). The van der Waals surface area contributed by atoms with Gasteiger partial charge >= 0.3 is 0 Å². The third kappa shape index (κ3) is 11.5. The van der Waals surface area contributed by atoms with Gasteiger partial charge in [-0.1, -0.05) is 47.5 Å². The Kier molecular flexibility index (Phi) is 14.8. The summed E-state index contributed by atoms with van der Waals surface area (Å²) in [5, 5.41) is 36.3. The highest BCUT2D eigenvalue weighted by Crippen LogP contribution is 2.53. The van der Waals surface area contributed by atoms with Crippen molar-refractivity contribution in [3.8, 4) is 0 Å². The highest BCUT2D eigenvalue weighted by Gasteiger charge is 2.48. The van der Waals surface area contributed by atoms with Crippen LogP contribution in [0.1, 0.15) is 107 Å². The number of rotatable bonds is 16. The quantitative estimate of drug-likeness (QED) is 0.0623. The number of nitrogens with zero attached hydrogens (tertiary/aromatic N) is 7. The van der Waals surface area contributed by atoms with E-state index in [1.807, 2.05) is 36.4 Å². The Hall–Kier alpha value is -4.84. The van der Waals surface area contributed by atoms with Gasteiger partial charge in [0.1, 0.15) is 22.8 Å². The van der Waals surface area contributed by atoms with Gasteiger partial charge in [0, 0.05) is 74.8 Å². The van der Waals surface area contributed by atoms with E-state index in [0.29, 0.717) is 105 Å². The number of amides is 2. The van der Waals surface area contributed by atoms with Gasteiger partial charge in [-0.15, -0.1) is 0 Å². The Morgan fingerprint density at radius 1 is 0.658 bits per heavy atom. The van der Waals surface area contributed by atoms with Gasteiger partial charge in [0.15, 0.2) is 0 Å². The number of fused-ring (bicyclic) bond motifs is 2. The summed E-state index contributed by atoms with van der Waals surface area (Å²) in [6.45, 7) is 10.7. The molecule has 2 spiro atoms. The second-order valence-electron chi connectivity index (χ2n) is 23.1. The third-order valence-corrected chi connectivity index (χ3v) is 18.5. The Morgan fingerprint density at radius 2 is 1.08 bits per heavy atom. The minimum Gasteiger partial charge on any atom is -0.392 e. The second-order valence-corrected chi connectivity index (χ2v) is 23.9. The molecule has 8 aliphatic rings. The fourth-order valence-electron chi connectivity index (χ4n) is 13.0. The fraction of sp³-hybridized carbons (Fsp3) is 0.600. The lowest BCUT2D eigenvalue weighted by atomic mass is 9.57.